The Kier molecular flexibility index (Phi) is 8.30. The number of nitrogens with zero attached hydrogens (tertiary/aromatic N) is 6. The summed E-state index contributed by atoms with van der Waals surface area (Å²) >= 11 is 0. The molecule has 1 atom stereocenters. The second-order valence-electron chi connectivity index (χ2n) is 18.9. The summed E-state index contributed by atoms with van der Waals surface area (Å²) in [6.45, 7) is 2.27. The Labute approximate surface area is 402 Å². The van der Waals surface area contributed by atoms with Crippen molar-refractivity contribution in [2.24, 2.45) is 5.92 Å². The van der Waals surface area contributed by atoms with Crippen molar-refractivity contribution in [3.63, 3.8) is 0 Å². The Morgan fingerprint density at radius 1 is 0.400 bits per heavy atom. The van der Waals surface area contributed by atoms with E-state index in [1.165, 1.54) is 65.6 Å². The van der Waals surface area contributed by atoms with Gasteiger partial charge in [0, 0.05) is 54.5 Å². The van der Waals surface area contributed by atoms with Crippen molar-refractivity contribution < 1.29 is 0 Å². The van der Waals surface area contributed by atoms with E-state index in [0.717, 1.165) is 61.5 Å². The second-order valence-corrected chi connectivity index (χ2v) is 18.9. The summed E-state index contributed by atoms with van der Waals surface area (Å²) in [6.07, 6.45) is 5.52. The van der Waals surface area contributed by atoms with Crippen LogP contribution in [0.4, 0.5) is 0 Å². The number of hydrogen-bond donors (Lipinski definition) is 0. The summed E-state index contributed by atoms with van der Waals surface area (Å²) in [5, 5.41) is 12.0. The van der Waals surface area contributed by atoms with Crippen LogP contribution in [0.5, 0.6) is 0 Å². The molecule has 0 spiro atoms. The van der Waals surface area contributed by atoms with Crippen LogP contribution >= 0.6 is 0 Å². The standard InChI is InChI=1S/C64H42N6/c1-39-25-26-41-28-30-45(37-46(41)35-39)63-65-62(44-29-27-40-13-2-3-15-43(40)36-44)66-64(67-63)70-54-21-9-6-18-49(54)50-32-31-47(38-59(50)70)68-55-22-10-7-19-51(55)60-57(68)33-34-58-61(60)52-20-8-11-23-56(52)69(58)53-24-12-16-42-14-4-5-17-48(42)53/h2-34,36-39H,35H2,1H3. The van der Waals surface area contributed by atoms with E-state index in [9.17, 15) is 0 Å². The van der Waals surface area contributed by atoms with Crippen molar-refractivity contribution in [2.45, 2.75) is 13.3 Å². The first-order chi connectivity index (χ1) is 34.6. The molecule has 0 saturated carbocycles. The number of hydrogen-bond acceptors (Lipinski definition) is 3. The lowest BCUT2D eigenvalue weighted by Gasteiger charge is -2.17. The van der Waals surface area contributed by atoms with Crippen molar-refractivity contribution in [3.8, 4) is 40.1 Å². The van der Waals surface area contributed by atoms with Crippen molar-refractivity contribution >= 4 is 93.0 Å². The largest absolute Gasteiger partial charge is 0.309 e. The second kappa shape index (κ2) is 14.9. The third-order valence-corrected chi connectivity index (χ3v) is 14.8. The van der Waals surface area contributed by atoms with Gasteiger partial charge in [-0.1, -0.05) is 165 Å². The zero-order chi connectivity index (χ0) is 46.0. The van der Waals surface area contributed by atoms with Gasteiger partial charge < -0.3 is 9.13 Å². The van der Waals surface area contributed by atoms with Gasteiger partial charge in [0.25, 0.3) is 0 Å². The lowest BCUT2D eigenvalue weighted by molar-refractivity contribution is 0.717. The minimum atomic E-state index is 0.465. The van der Waals surface area contributed by atoms with E-state index in [1.54, 1.807) is 0 Å². The number of benzene rings is 10. The topological polar surface area (TPSA) is 53.5 Å². The van der Waals surface area contributed by atoms with Gasteiger partial charge >= 0.3 is 0 Å². The molecule has 1 aliphatic carbocycles. The van der Waals surface area contributed by atoms with Gasteiger partial charge in [0.2, 0.25) is 5.95 Å². The molecule has 0 bridgehead atoms. The van der Waals surface area contributed by atoms with Crippen LogP contribution in [-0.4, -0.2) is 28.7 Å². The normalized spacial score (nSPS) is 13.8. The first kappa shape index (κ1) is 38.9. The van der Waals surface area contributed by atoms with Crippen LogP contribution in [0.1, 0.15) is 18.1 Å². The van der Waals surface area contributed by atoms with Crippen LogP contribution in [0, 0.1) is 5.92 Å². The Morgan fingerprint density at radius 3 is 1.76 bits per heavy atom. The zero-order valence-corrected chi connectivity index (χ0v) is 38.3. The summed E-state index contributed by atoms with van der Waals surface area (Å²) in [6, 6.07) is 74.8. The molecule has 1 aliphatic rings. The van der Waals surface area contributed by atoms with Gasteiger partial charge in [0.05, 0.1) is 38.8 Å². The van der Waals surface area contributed by atoms with Crippen molar-refractivity contribution in [1.29, 1.82) is 0 Å². The maximum absolute atomic E-state index is 5.42. The van der Waals surface area contributed by atoms with Crippen LogP contribution in [0.25, 0.3) is 133 Å². The highest BCUT2D eigenvalue weighted by atomic mass is 15.2. The Bertz CT molecular complexity index is 4540. The molecule has 15 rings (SSSR count). The molecule has 4 heterocycles. The van der Waals surface area contributed by atoms with Gasteiger partial charge in [-0.25, -0.2) is 4.98 Å². The van der Waals surface area contributed by atoms with Gasteiger partial charge in [0.15, 0.2) is 11.6 Å². The summed E-state index contributed by atoms with van der Waals surface area (Å²) in [5.41, 5.74) is 13.4. The highest BCUT2D eigenvalue weighted by molar-refractivity contribution is 6.29. The van der Waals surface area contributed by atoms with Crippen molar-refractivity contribution in [3.05, 3.63) is 223 Å². The van der Waals surface area contributed by atoms with E-state index in [-0.39, 0.29) is 0 Å². The fourth-order valence-corrected chi connectivity index (χ4v) is 11.6. The molecule has 6 heteroatoms. The minimum absolute atomic E-state index is 0.465. The molecule has 0 N–H and O–H groups in total. The van der Waals surface area contributed by atoms with E-state index < -0.39 is 0 Å². The lowest BCUT2D eigenvalue weighted by atomic mass is 9.89. The third-order valence-electron chi connectivity index (χ3n) is 14.8. The van der Waals surface area contributed by atoms with E-state index in [4.69, 9.17) is 15.0 Å². The molecule has 4 aromatic heterocycles. The Balaban J connectivity index is 0.985. The molecule has 0 radical (unpaired) electrons. The third kappa shape index (κ3) is 5.77. The SMILES string of the molecule is CC1C=Cc2ccc(-c3nc(-c4ccc5ccccc5c4)nc(-n4c5ccccc5c5ccc(-n6c7ccccc7c7c8c9ccccc9n(-c9cccc%10ccccc9%10)c8ccc76)cc54)n3)cc2C1. The van der Waals surface area contributed by atoms with Gasteiger partial charge in [-0.2, -0.15) is 9.97 Å². The molecular formula is C64H42N6. The van der Waals surface area contributed by atoms with Crippen molar-refractivity contribution in [2.75, 3.05) is 0 Å². The van der Waals surface area contributed by atoms with E-state index in [1.807, 2.05) is 0 Å². The fraction of sp³-hybridized carbons (Fsp3) is 0.0469. The molecule has 1 unspecified atom stereocenters. The lowest BCUT2D eigenvalue weighted by Crippen LogP contribution is -2.08. The van der Waals surface area contributed by atoms with Crippen LogP contribution in [-0.2, 0) is 6.42 Å². The Morgan fingerprint density at radius 2 is 0.986 bits per heavy atom. The molecule has 0 aliphatic heterocycles. The summed E-state index contributed by atoms with van der Waals surface area (Å²) < 4.78 is 7.15. The fourth-order valence-electron chi connectivity index (χ4n) is 11.6. The van der Waals surface area contributed by atoms with Gasteiger partial charge in [-0.3, -0.25) is 4.57 Å². The number of para-hydroxylation sites is 3. The number of allylic oxidation sites excluding steroid dienone is 1. The molecule has 0 saturated heterocycles. The summed E-state index contributed by atoms with van der Waals surface area (Å²) in [4.78, 5) is 16.1. The molecule has 0 fully saturated rings. The molecule has 10 aromatic carbocycles. The average molecular weight is 895 g/mol. The zero-order valence-electron chi connectivity index (χ0n) is 38.3. The van der Waals surface area contributed by atoms with Gasteiger partial charge in [-0.15, -0.1) is 0 Å². The minimum Gasteiger partial charge on any atom is -0.309 e. The highest BCUT2D eigenvalue weighted by Gasteiger charge is 2.24. The first-order valence-electron chi connectivity index (χ1n) is 24.2. The molecule has 14 aromatic rings. The van der Waals surface area contributed by atoms with Crippen LogP contribution in [0.3, 0.4) is 0 Å². The number of aromatic nitrogens is 6. The smallest absolute Gasteiger partial charge is 0.238 e. The molecule has 70 heavy (non-hydrogen) atoms. The molecular weight excluding hydrogens is 853 g/mol. The molecule has 6 nitrogen and oxygen atoms in total. The predicted molar refractivity (Wildman–Crippen MR) is 291 cm³/mol. The number of rotatable bonds is 5. The maximum atomic E-state index is 5.42. The molecule has 0 amide bonds. The maximum Gasteiger partial charge on any atom is 0.238 e. The van der Waals surface area contributed by atoms with E-state index in [0.29, 0.717) is 23.5 Å². The van der Waals surface area contributed by atoms with Crippen LogP contribution in [0.2, 0.25) is 0 Å². The highest BCUT2D eigenvalue weighted by Crippen LogP contribution is 2.44. The predicted octanol–water partition coefficient (Wildman–Crippen LogP) is 16.0. The quantitative estimate of drug-likeness (QED) is 0.173. The van der Waals surface area contributed by atoms with Crippen LogP contribution < -0.4 is 0 Å². The Hall–Kier alpha value is -9.13. The van der Waals surface area contributed by atoms with E-state index >= 15 is 0 Å². The monoisotopic (exact) mass is 894 g/mol. The van der Waals surface area contributed by atoms with Crippen molar-refractivity contribution in [1.82, 2.24) is 28.7 Å². The first-order valence-corrected chi connectivity index (χ1v) is 24.2. The van der Waals surface area contributed by atoms with E-state index in [2.05, 4.69) is 239 Å². The van der Waals surface area contributed by atoms with Crippen LogP contribution in [0.15, 0.2) is 212 Å². The summed E-state index contributed by atoms with van der Waals surface area (Å²) in [7, 11) is 0. The average Bonchev–Trinajstić information content (AvgIpc) is 4.06. The molecule has 328 valence electrons. The van der Waals surface area contributed by atoms with Gasteiger partial charge in [0.1, 0.15) is 0 Å². The van der Waals surface area contributed by atoms with Gasteiger partial charge in [-0.05, 0) is 100 Å². The summed E-state index contributed by atoms with van der Waals surface area (Å²) in [5.74, 6) is 2.32. The number of fused-ring (bicyclic) bond motifs is 13.